The van der Waals surface area contributed by atoms with E-state index < -0.39 is 16.8 Å². The van der Waals surface area contributed by atoms with E-state index in [4.69, 9.17) is 28.2 Å². The molecule has 4 nitrogen and oxygen atoms in total. The number of furan rings is 1. The minimum Gasteiger partial charge on any atom is -0.467 e. The number of aromatic nitrogens is 1. The van der Waals surface area contributed by atoms with Gasteiger partial charge in [-0.1, -0.05) is 17.7 Å². The summed E-state index contributed by atoms with van der Waals surface area (Å²) in [4.78, 5) is 6.08. The summed E-state index contributed by atoms with van der Waals surface area (Å²) in [6.07, 6.45) is -1.28. The Balaban J connectivity index is 1.78. The number of halogens is 4. The molecule has 0 aliphatic rings. The number of hydrogen-bond donors (Lipinski definition) is 1. The van der Waals surface area contributed by atoms with E-state index in [1.165, 1.54) is 12.1 Å². The molecule has 0 bridgehead atoms. The molecule has 0 saturated carbocycles. The number of alkyl halides is 3. The molecule has 2 heterocycles. The summed E-state index contributed by atoms with van der Waals surface area (Å²) in [6.45, 7) is 0.755. The van der Waals surface area contributed by atoms with Crippen LogP contribution in [0.5, 0.6) is 0 Å². The van der Waals surface area contributed by atoms with Crippen molar-refractivity contribution in [3.8, 4) is 0 Å². The largest absolute Gasteiger partial charge is 0.467 e. The highest BCUT2D eigenvalue weighted by Crippen LogP contribution is 2.35. The van der Waals surface area contributed by atoms with E-state index in [-0.39, 0.29) is 0 Å². The van der Waals surface area contributed by atoms with Gasteiger partial charge in [-0.2, -0.15) is 13.2 Å². The molecule has 0 unspecified atom stereocenters. The second-order valence-electron chi connectivity index (χ2n) is 5.88. The van der Waals surface area contributed by atoms with Crippen LogP contribution in [-0.4, -0.2) is 15.0 Å². The molecular formula is C19H15ClF3N3OS. The number of thiocarbonyl (C=S) groups is 1. The molecule has 2 aromatic heterocycles. The second kappa shape index (κ2) is 8.62. The van der Waals surface area contributed by atoms with Crippen LogP contribution in [0.3, 0.4) is 0 Å². The van der Waals surface area contributed by atoms with Crippen LogP contribution in [-0.2, 0) is 19.3 Å². The van der Waals surface area contributed by atoms with E-state index >= 15 is 0 Å². The number of rotatable bonds is 5. The molecule has 0 atom stereocenters. The zero-order chi connectivity index (χ0) is 20.1. The Morgan fingerprint density at radius 1 is 1.14 bits per heavy atom. The Bertz CT molecular complexity index is 933. The number of pyridine rings is 1. The van der Waals surface area contributed by atoms with Crippen molar-refractivity contribution in [3.63, 3.8) is 0 Å². The van der Waals surface area contributed by atoms with Crippen molar-refractivity contribution < 1.29 is 17.6 Å². The van der Waals surface area contributed by atoms with Gasteiger partial charge in [0, 0.05) is 11.9 Å². The Labute approximate surface area is 169 Å². The molecule has 3 aromatic rings. The summed E-state index contributed by atoms with van der Waals surface area (Å²) in [5.74, 6) is 0.686. The highest BCUT2D eigenvalue weighted by Gasteiger charge is 2.33. The van der Waals surface area contributed by atoms with Crippen LogP contribution in [0.1, 0.15) is 17.0 Å². The first kappa shape index (κ1) is 20.2. The summed E-state index contributed by atoms with van der Waals surface area (Å²) in [5, 5.41) is 2.83. The number of benzene rings is 1. The van der Waals surface area contributed by atoms with Gasteiger partial charge in [-0.05, 0) is 54.7 Å². The van der Waals surface area contributed by atoms with E-state index in [2.05, 4.69) is 10.3 Å². The van der Waals surface area contributed by atoms with Crippen molar-refractivity contribution in [1.82, 2.24) is 9.88 Å². The molecular weight excluding hydrogens is 411 g/mol. The molecule has 1 N–H and O–H groups in total. The smallest absolute Gasteiger partial charge is 0.417 e. The summed E-state index contributed by atoms with van der Waals surface area (Å²) >= 11 is 11.2. The topological polar surface area (TPSA) is 41.3 Å². The predicted octanol–water partition coefficient (Wildman–Crippen LogP) is 5.75. The lowest BCUT2D eigenvalue weighted by atomic mass is 10.2. The Kier molecular flexibility index (Phi) is 6.21. The standard InChI is InChI=1S/C19H15ClF3N3OS/c20-17-10-13(6-7-16(17)19(21,22)23)25-18(28)26(12-15-5-3-9-27-15)11-14-4-1-2-8-24-14/h1-10H,11-12H2,(H,25,28). The predicted molar refractivity (Wildman–Crippen MR) is 105 cm³/mol. The van der Waals surface area contributed by atoms with Gasteiger partial charge in [0.05, 0.1) is 35.6 Å². The van der Waals surface area contributed by atoms with E-state index in [9.17, 15) is 13.2 Å². The van der Waals surface area contributed by atoms with Crippen LogP contribution < -0.4 is 5.32 Å². The summed E-state index contributed by atoms with van der Waals surface area (Å²) in [7, 11) is 0. The van der Waals surface area contributed by atoms with Gasteiger partial charge in [-0.25, -0.2) is 0 Å². The minimum atomic E-state index is -4.51. The van der Waals surface area contributed by atoms with E-state index in [0.717, 1.165) is 11.8 Å². The third-order valence-corrected chi connectivity index (χ3v) is 4.49. The monoisotopic (exact) mass is 425 g/mol. The molecule has 28 heavy (non-hydrogen) atoms. The second-order valence-corrected chi connectivity index (χ2v) is 6.67. The fourth-order valence-electron chi connectivity index (χ4n) is 2.50. The highest BCUT2D eigenvalue weighted by molar-refractivity contribution is 7.80. The van der Waals surface area contributed by atoms with Gasteiger partial charge >= 0.3 is 6.18 Å². The van der Waals surface area contributed by atoms with Crippen molar-refractivity contribution in [2.24, 2.45) is 0 Å². The first-order chi connectivity index (χ1) is 13.3. The van der Waals surface area contributed by atoms with Crippen molar-refractivity contribution in [3.05, 3.63) is 83.0 Å². The average molecular weight is 426 g/mol. The molecule has 3 rings (SSSR count). The van der Waals surface area contributed by atoms with Gasteiger partial charge in [0.2, 0.25) is 0 Å². The fraction of sp³-hybridized carbons (Fsp3) is 0.158. The van der Waals surface area contributed by atoms with Crippen LogP contribution in [0.2, 0.25) is 5.02 Å². The fourth-order valence-corrected chi connectivity index (χ4v) is 3.04. The molecule has 0 aliphatic heterocycles. The molecule has 0 fully saturated rings. The molecule has 146 valence electrons. The lowest BCUT2D eigenvalue weighted by Gasteiger charge is -2.25. The average Bonchev–Trinajstić information content (AvgIpc) is 3.14. The van der Waals surface area contributed by atoms with E-state index in [1.54, 1.807) is 29.5 Å². The first-order valence-corrected chi connectivity index (χ1v) is 8.96. The summed E-state index contributed by atoms with van der Waals surface area (Å²) in [6, 6.07) is 12.5. The summed E-state index contributed by atoms with van der Waals surface area (Å²) in [5.41, 5.74) is 0.240. The number of nitrogens with zero attached hydrogens (tertiary/aromatic N) is 2. The Morgan fingerprint density at radius 2 is 1.96 bits per heavy atom. The molecule has 9 heteroatoms. The quantitative estimate of drug-likeness (QED) is 0.527. The Morgan fingerprint density at radius 3 is 2.57 bits per heavy atom. The van der Waals surface area contributed by atoms with Crippen LogP contribution in [0.25, 0.3) is 0 Å². The lowest BCUT2D eigenvalue weighted by Crippen LogP contribution is -2.34. The molecule has 0 radical (unpaired) electrons. The maximum atomic E-state index is 12.9. The van der Waals surface area contributed by atoms with Gasteiger partial charge < -0.3 is 14.6 Å². The van der Waals surface area contributed by atoms with Crippen molar-refractivity contribution in [2.75, 3.05) is 5.32 Å². The highest BCUT2D eigenvalue weighted by atomic mass is 35.5. The van der Waals surface area contributed by atoms with E-state index in [0.29, 0.717) is 29.6 Å². The van der Waals surface area contributed by atoms with Crippen molar-refractivity contribution >= 4 is 34.6 Å². The zero-order valence-corrected chi connectivity index (χ0v) is 16.0. The molecule has 0 aliphatic carbocycles. The lowest BCUT2D eigenvalue weighted by molar-refractivity contribution is -0.137. The van der Waals surface area contributed by atoms with Crippen LogP contribution in [0.4, 0.5) is 18.9 Å². The third kappa shape index (κ3) is 5.24. The number of hydrogen-bond acceptors (Lipinski definition) is 3. The first-order valence-electron chi connectivity index (χ1n) is 8.18. The molecule has 0 amide bonds. The Hall–Kier alpha value is -2.58. The van der Waals surface area contributed by atoms with Crippen LogP contribution >= 0.6 is 23.8 Å². The SMILES string of the molecule is FC(F)(F)c1ccc(NC(=S)N(Cc2ccccn2)Cc2ccco2)cc1Cl. The van der Waals surface area contributed by atoms with Gasteiger partial charge in [-0.3, -0.25) is 4.98 Å². The summed E-state index contributed by atoms with van der Waals surface area (Å²) < 4.78 is 44.0. The van der Waals surface area contributed by atoms with Crippen molar-refractivity contribution in [2.45, 2.75) is 19.3 Å². The van der Waals surface area contributed by atoms with Crippen LogP contribution in [0, 0.1) is 0 Å². The molecule has 0 saturated heterocycles. The van der Waals surface area contributed by atoms with Gasteiger partial charge in [-0.15, -0.1) is 0 Å². The zero-order valence-electron chi connectivity index (χ0n) is 14.4. The molecule has 1 aromatic carbocycles. The number of anilines is 1. The minimum absolute atomic E-state index is 0.304. The van der Waals surface area contributed by atoms with Gasteiger partial charge in [0.15, 0.2) is 5.11 Å². The maximum Gasteiger partial charge on any atom is 0.417 e. The van der Waals surface area contributed by atoms with Crippen LogP contribution in [0.15, 0.2) is 65.4 Å². The van der Waals surface area contributed by atoms with Gasteiger partial charge in [0.1, 0.15) is 5.76 Å². The van der Waals surface area contributed by atoms with Crippen molar-refractivity contribution in [1.29, 1.82) is 0 Å². The third-order valence-electron chi connectivity index (χ3n) is 3.82. The maximum absolute atomic E-state index is 12.9. The normalized spacial score (nSPS) is 11.3. The molecule has 0 spiro atoms. The number of nitrogens with one attached hydrogen (secondary N) is 1. The van der Waals surface area contributed by atoms with Gasteiger partial charge in [0.25, 0.3) is 0 Å². The van der Waals surface area contributed by atoms with E-state index in [1.807, 2.05) is 18.2 Å².